The second-order valence-electron chi connectivity index (χ2n) is 4.51. The molecule has 0 amide bonds. The minimum Gasteiger partial charge on any atom is -0.464 e. The maximum absolute atomic E-state index is 11.7. The van der Waals surface area contributed by atoms with Gasteiger partial charge in [-0.05, 0) is 31.5 Å². The zero-order valence-electron chi connectivity index (χ0n) is 10.8. The van der Waals surface area contributed by atoms with Crippen molar-refractivity contribution in [1.82, 2.24) is 9.38 Å². The molecular formula is C13H17N3O2. The number of carbonyl (C=O) groups is 1. The molecule has 2 aromatic heterocycles. The highest BCUT2D eigenvalue weighted by Gasteiger charge is 2.18. The Hall–Kier alpha value is -1.88. The lowest BCUT2D eigenvalue weighted by atomic mass is 10.2. The van der Waals surface area contributed by atoms with Crippen LogP contribution in [0, 0.1) is 6.92 Å². The molecule has 0 bridgehead atoms. The van der Waals surface area contributed by atoms with Crippen LogP contribution in [0.1, 0.15) is 28.8 Å². The van der Waals surface area contributed by atoms with Crippen molar-refractivity contribution < 1.29 is 9.53 Å². The monoisotopic (exact) mass is 247 g/mol. The van der Waals surface area contributed by atoms with Crippen molar-refractivity contribution in [1.29, 1.82) is 0 Å². The van der Waals surface area contributed by atoms with Crippen LogP contribution in [0.25, 0.3) is 5.52 Å². The Morgan fingerprint density at radius 1 is 1.61 bits per heavy atom. The third kappa shape index (κ3) is 2.22. The van der Waals surface area contributed by atoms with Gasteiger partial charge in [-0.3, -0.25) is 0 Å². The number of imidazole rings is 1. The number of nitrogens with two attached hydrogens (primary N) is 1. The van der Waals surface area contributed by atoms with Gasteiger partial charge < -0.3 is 14.9 Å². The van der Waals surface area contributed by atoms with Gasteiger partial charge in [-0.1, -0.05) is 0 Å². The fourth-order valence-corrected chi connectivity index (χ4v) is 1.93. The van der Waals surface area contributed by atoms with E-state index < -0.39 is 5.97 Å². The Kier molecular flexibility index (Phi) is 3.34. The van der Waals surface area contributed by atoms with E-state index in [1.54, 1.807) is 0 Å². The van der Waals surface area contributed by atoms with Crippen LogP contribution in [-0.2, 0) is 11.2 Å². The molecule has 96 valence electrons. The predicted molar refractivity (Wildman–Crippen MR) is 68.6 cm³/mol. The molecule has 2 aromatic rings. The average molecular weight is 247 g/mol. The van der Waals surface area contributed by atoms with Crippen LogP contribution in [-0.4, -0.2) is 28.5 Å². The van der Waals surface area contributed by atoms with Gasteiger partial charge in [0.25, 0.3) is 0 Å². The fraction of sp³-hybridized carbons (Fsp3) is 0.385. The molecule has 0 aromatic carbocycles. The van der Waals surface area contributed by atoms with Crippen LogP contribution in [0.4, 0.5) is 0 Å². The van der Waals surface area contributed by atoms with Gasteiger partial charge in [-0.15, -0.1) is 0 Å². The number of methoxy groups -OCH3 is 1. The summed E-state index contributed by atoms with van der Waals surface area (Å²) in [5, 5.41) is 0. The number of fused-ring (bicyclic) bond motifs is 1. The van der Waals surface area contributed by atoms with Crippen LogP contribution >= 0.6 is 0 Å². The van der Waals surface area contributed by atoms with Gasteiger partial charge in [0.05, 0.1) is 12.6 Å². The second-order valence-corrected chi connectivity index (χ2v) is 4.51. The number of aromatic nitrogens is 2. The van der Waals surface area contributed by atoms with Gasteiger partial charge >= 0.3 is 5.97 Å². The smallest absolute Gasteiger partial charge is 0.358 e. The van der Waals surface area contributed by atoms with Crippen molar-refractivity contribution in [2.45, 2.75) is 26.3 Å². The maximum Gasteiger partial charge on any atom is 0.358 e. The first-order valence-electron chi connectivity index (χ1n) is 5.84. The van der Waals surface area contributed by atoms with E-state index in [0.29, 0.717) is 12.1 Å². The van der Waals surface area contributed by atoms with E-state index in [1.165, 1.54) is 7.11 Å². The van der Waals surface area contributed by atoms with Crippen molar-refractivity contribution in [3.05, 3.63) is 35.4 Å². The second kappa shape index (κ2) is 4.78. The average Bonchev–Trinajstić information content (AvgIpc) is 2.65. The van der Waals surface area contributed by atoms with Gasteiger partial charge in [-0.25, -0.2) is 9.78 Å². The Bertz CT molecular complexity index is 587. The Labute approximate surface area is 106 Å². The summed E-state index contributed by atoms with van der Waals surface area (Å²) >= 11 is 0. The number of rotatable bonds is 3. The number of hydrogen-bond donors (Lipinski definition) is 1. The van der Waals surface area contributed by atoms with Crippen LogP contribution in [0.15, 0.2) is 18.3 Å². The first-order chi connectivity index (χ1) is 8.52. The molecule has 2 heterocycles. The third-order valence-electron chi connectivity index (χ3n) is 2.76. The summed E-state index contributed by atoms with van der Waals surface area (Å²) in [6.45, 7) is 3.88. The van der Waals surface area contributed by atoms with Crippen LogP contribution < -0.4 is 5.73 Å². The molecule has 0 saturated carbocycles. The standard InChI is InChI=1S/C13H17N3O2/c1-8-4-5-16-10(6-8)12(13(17)18-3)15-11(16)7-9(2)14/h4-6,9H,7,14H2,1-3H3. The number of ether oxygens (including phenoxy) is 1. The Morgan fingerprint density at radius 2 is 2.33 bits per heavy atom. The summed E-state index contributed by atoms with van der Waals surface area (Å²) in [5.41, 5.74) is 7.97. The molecule has 18 heavy (non-hydrogen) atoms. The number of esters is 1. The Morgan fingerprint density at radius 3 is 2.94 bits per heavy atom. The predicted octanol–water partition coefficient (Wildman–Crippen LogP) is 1.32. The molecule has 1 unspecified atom stereocenters. The van der Waals surface area contributed by atoms with E-state index >= 15 is 0 Å². The van der Waals surface area contributed by atoms with Crippen molar-refractivity contribution in [3.8, 4) is 0 Å². The number of nitrogens with zero attached hydrogens (tertiary/aromatic N) is 2. The zero-order valence-corrected chi connectivity index (χ0v) is 10.8. The Balaban J connectivity index is 2.63. The van der Waals surface area contributed by atoms with E-state index in [2.05, 4.69) is 4.98 Å². The summed E-state index contributed by atoms with van der Waals surface area (Å²) in [7, 11) is 1.36. The highest BCUT2D eigenvalue weighted by atomic mass is 16.5. The van der Waals surface area contributed by atoms with E-state index in [1.807, 2.05) is 36.6 Å². The quantitative estimate of drug-likeness (QED) is 0.830. The van der Waals surface area contributed by atoms with Gasteiger partial charge in [0.15, 0.2) is 5.69 Å². The van der Waals surface area contributed by atoms with E-state index in [9.17, 15) is 4.79 Å². The van der Waals surface area contributed by atoms with Gasteiger partial charge in [0, 0.05) is 18.7 Å². The summed E-state index contributed by atoms with van der Waals surface area (Å²) in [5.74, 6) is 0.356. The molecule has 0 aliphatic heterocycles. The maximum atomic E-state index is 11.7. The number of carbonyl (C=O) groups excluding carboxylic acids is 1. The van der Waals surface area contributed by atoms with Crippen LogP contribution in [0.3, 0.4) is 0 Å². The number of aryl methyl sites for hydroxylation is 1. The van der Waals surface area contributed by atoms with E-state index in [4.69, 9.17) is 10.5 Å². The summed E-state index contributed by atoms with van der Waals surface area (Å²) in [6.07, 6.45) is 2.52. The molecule has 1 atom stereocenters. The molecule has 0 saturated heterocycles. The molecule has 0 spiro atoms. The molecule has 0 aliphatic rings. The largest absolute Gasteiger partial charge is 0.464 e. The minimum atomic E-state index is -0.422. The lowest BCUT2D eigenvalue weighted by Gasteiger charge is -2.04. The van der Waals surface area contributed by atoms with E-state index in [-0.39, 0.29) is 6.04 Å². The highest BCUT2D eigenvalue weighted by molar-refractivity contribution is 5.95. The highest BCUT2D eigenvalue weighted by Crippen LogP contribution is 2.17. The molecule has 2 N–H and O–H groups in total. The summed E-state index contributed by atoms with van der Waals surface area (Å²) in [6, 6.07) is 3.88. The topological polar surface area (TPSA) is 69.6 Å². The van der Waals surface area contributed by atoms with Gasteiger partial charge in [-0.2, -0.15) is 0 Å². The lowest BCUT2D eigenvalue weighted by Crippen LogP contribution is -2.19. The molecule has 5 heteroatoms. The van der Waals surface area contributed by atoms with Gasteiger partial charge in [0.2, 0.25) is 0 Å². The fourth-order valence-electron chi connectivity index (χ4n) is 1.93. The molecule has 0 radical (unpaired) electrons. The minimum absolute atomic E-state index is 0.0117. The molecule has 5 nitrogen and oxygen atoms in total. The SMILES string of the molecule is COC(=O)c1nc(CC(C)N)n2ccc(C)cc12. The first-order valence-corrected chi connectivity index (χ1v) is 5.84. The van der Waals surface area contributed by atoms with Crippen LogP contribution in [0.5, 0.6) is 0 Å². The van der Waals surface area contributed by atoms with E-state index in [0.717, 1.165) is 16.9 Å². The van der Waals surface area contributed by atoms with Crippen molar-refractivity contribution in [2.75, 3.05) is 7.11 Å². The summed E-state index contributed by atoms with van der Waals surface area (Å²) < 4.78 is 6.65. The zero-order chi connectivity index (χ0) is 13.3. The summed E-state index contributed by atoms with van der Waals surface area (Å²) in [4.78, 5) is 16.1. The first kappa shape index (κ1) is 12.6. The molecule has 2 rings (SSSR count). The molecule has 0 fully saturated rings. The number of hydrogen-bond acceptors (Lipinski definition) is 4. The van der Waals surface area contributed by atoms with Crippen molar-refractivity contribution in [2.24, 2.45) is 5.73 Å². The van der Waals surface area contributed by atoms with Gasteiger partial charge in [0.1, 0.15) is 5.82 Å². The van der Waals surface area contributed by atoms with Crippen LogP contribution in [0.2, 0.25) is 0 Å². The molecular weight excluding hydrogens is 230 g/mol. The van der Waals surface area contributed by atoms with Crippen molar-refractivity contribution in [3.63, 3.8) is 0 Å². The lowest BCUT2D eigenvalue weighted by molar-refractivity contribution is 0.0597. The van der Waals surface area contributed by atoms with Crippen molar-refractivity contribution >= 4 is 11.5 Å². The molecule has 0 aliphatic carbocycles. The third-order valence-corrected chi connectivity index (χ3v) is 2.76. The normalized spacial score (nSPS) is 12.7. The number of pyridine rings is 1.